The molecule has 23 heavy (non-hydrogen) atoms. The Hall–Kier alpha value is -1.99. The van der Waals surface area contributed by atoms with Crippen LogP contribution in [-0.2, 0) is 6.54 Å². The van der Waals surface area contributed by atoms with Crippen LogP contribution in [0.3, 0.4) is 0 Å². The van der Waals surface area contributed by atoms with Crippen molar-refractivity contribution in [2.75, 3.05) is 31.5 Å². The number of rotatable bonds is 3. The highest BCUT2D eigenvalue weighted by molar-refractivity contribution is 7.80. The van der Waals surface area contributed by atoms with Gasteiger partial charge in [0.05, 0.1) is 31.9 Å². The van der Waals surface area contributed by atoms with Crippen molar-refractivity contribution in [1.29, 1.82) is 0 Å². The predicted molar refractivity (Wildman–Crippen MR) is 89.8 cm³/mol. The van der Waals surface area contributed by atoms with Crippen LogP contribution < -0.4 is 10.2 Å². The average Bonchev–Trinajstić information content (AvgIpc) is 2.95. The lowest BCUT2D eigenvalue weighted by molar-refractivity contribution is -0.917. The Morgan fingerprint density at radius 1 is 1.39 bits per heavy atom. The molecule has 1 aliphatic rings. The number of quaternary nitrogens is 1. The molecule has 2 aromatic rings. The largest absolute Gasteiger partial charge is 0.361 e. The van der Waals surface area contributed by atoms with E-state index in [1.165, 1.54) is 11.0 Å². The number of anilines is 1. The maximum Gasteiger partial charge on any atom is 0.173 e. The Kier molecular flexibility index (Phi) is 4.88. The summed E-state index contributed by atoms with van der Waals surface area (Å²) in [6, 6.07) is 8.54. The molecular weight excluding hydrogens is 315 g/mol. The topological polar surface area (TPSA) is 45.7 Å². The molecule has 122 valence electrons. The number of benzene rings is 1. The zero-order valence-corrected chi connectivity index (χ0v) is 13.8. The van der Waals surface area contributed by atoms with Crippen molar-refractivity contribution in [3.05, 3.63) is 47.6 Å². The molecule has 1 aromatic carbocycles. The van der Waals surface area contributed by atoms with Crippen molar-refractivity contribution in [1.82, 2.24) is 10.1 Å². The zero-order chi connectivity index (χ0) is 16.2. The van der Waals surface area contributed by atoms with Gasteiger partial charge in [0.25, 0.3) is 0 Å². The lowest BCUT2D eigenvalue weighted by atomic mass is 10.3. The minimum absolute atomic E-state index is 0.291. The molecule has 1 aromatic heterocycles. The molecule has 0 amide bonds. The number of para-hydroxylation sites is 1. The first-order valence-electron chi connectivity index (χ1n) is 7.68. The molecule has 0 radical (unpaired) electrons. The molecule has 2 heterocycles. The highest BCUT2D eigenvalue weighted by atomic mass is 32.1. The molecule has 1 fully saturated rings. The second-order valence-electron chi connectivity index (χ2n) is 5.75. The molecule has 0 unspecified atom stereocenters. The molecule has 0 saturated carbocycles. The highest BCUT2D eigenvalue weighted by Crippen LogP contribution is 2.13. The molecule has 3 rings (SSSR count). The van der Waals surface area contributed by atoms with Crippen molar-refractivity contribution in [2.45, 2.75) is 13.5 Å². The maximum atomic E-state index is 13.7. The number of aryl methyl sites for hydroxylation is 1. The van der Waals surface area contributed by atoms with Crippen LogP contribution in [0.15, 0.2) is 34.9 Å². The first-order chi connectivity index (χ1) is 11.1. The SMILES string of the molecule is Cc1cc(C[NH+]2CCN(C(=S)Nc3ccccc3F)CC2)no1. The van der Waals surface area contributed by atoms with Crippen molar-refractivity contribution in [3.8, 4) is 0 Å². The number of hydrogen-bond acceptors (Lipinski definition) is 3. The second kappa shape index (κ2) is 7.06. The lowest BCUT2D eigenvalue weighted by Gasteiger charge is -2.33. The molecule has 7 heteroatoms. The number of halogens is 1. The van der Waals surface area contributed by atoms with Gasteiger partial charge in [0, 0.05) is 6.07 Å². The summed E-state index contributed by atoms with van der Waals surface area (Å²) < 4.78 is 18.8. The van der Waals surface area contributed by atoms with Crippen molar-refractivity contribution in [2.24, 2.45) is 0 Å². The van der Waals surface area contributed by atoms with Crippen LogP contribution in [0.2, 0.25) is 0 Å². The minimum atomic E-state index is -0.291. The van der Waals surface area contributed by atoms with Crippen LogP contribution in [0.1, 0.15) is 11.5 Å². The summed E-state index contributed by atoms with van der Waals surface area (Å²) in [7, 11) is 0. The minimum Gasteiger partial charge on any atom is -0.361 e. The van der Waals surface area contributed by atoms with E-state index in [9.17, 15) is 4.39 Å². The Morgan fingerprint density at radius 2 is 2.13 bits per heavy atom. The summed E-state index contributed by atoms with van der Waals surface area (Å²) in [6.07, 6.45) is 0. The summed E-state index contributed by atoms with van der Waals surface area (Å²) >= 11 is 5.40. The van der Waals surface area contributed by atoms with E-state index >= 15 is 0 Å². The number of thiocarbonyl (C=S) groups is 1. The number of nitrogens with zero attached hydrogens (tertiary/aromatic N) is 2. The van der Waals surface area contributed by atoms with Crippen molar-refractivity contribution >= 4 is 23.0 Å². The summed E-state index contributed by atoms with van der Waals surface area (Å²) in [5.74, 6) is 0.550. The Morgan fingerprint density at radius 3 is 2.78 bits per heavy atom. The zero-order valence-electron chi connectivity index (χ0n) is 13.0. The lowest BCUT2D eigenvalue weighted by Crippen LogP contribution is -3.13. The van der Waals surface area contributed by atoms with E-state index in [1.807, 2.05) is 13.0 Å². The van der Waals surface area contributed by atoms with Crippen LogP contribution in [0.4, 0.5) is 10.1 Å². The smallest absolute Gasteiger partial charge is 0.173 e. The number of piperazine rings is 1. The Labute approximate surface area is 140 Å². The van der Waals surface area contributed by atoms with Crippen LogP contribution in [0.5, 0.6) is 0 Å². The first kappa shape index (κ1) is 15.9. The fourth-order valence-corrected chi connectivity index (χ4v) is 3.01. The normalized spacial score (nSPS) is 15.7. The van der Waals surface area contributed by atoms with Crippen LogP contribution in [0.25, 0.3) is 0 Å². The third-order valence-corrected chi connectivity index (χ3v) is 4.34. The van der Waals surface area contributed by atoms with Gasteiger partial charge in [0.1, 0.15) is 23.8 Å². The van der Waals surface area contributed by atoms with E-state index in [0.717, 1.165) is 44.2 Å². The average molecular weight is 335 g/mol. The summed E-state index contributed by atoms with van der Waals surface area (Å²) in [5.41, 5.74) is 1.41. The van der Waals surface area contributed by atoms with E-state index in [-0.39, 0.29) is 5.82 Å². The van der Waals surface area contributed by atoms with Crippen molar-refractivity contribution in [3.63, 3.8) is 0 Å². The molecule has 0 aliphatic carbocycles. The van der Waals surface area contributed by atoms with E-state index < -0.39 is 0 Å². The first-order valence-corrected chi connectivity index (χ1v) is 8.09. The summed E-state index contributed by atoms with van der Waals surface area (Å²) in [6.45, 7) is 6.37. The van der Waals surface area contributed by atoms with E-state index in [2.05, 4.69) is 15.4 Å². The fraction of sp³-hybridized carbons (Fsp3) is 0.375. The van der Waals surface area contributed by atoms with Gasteiger partial charge in [-0.1, -0.05) is 17.3 Å². The Balaban J connectivity index is 1.50. The molecule has 5 nitrogen and oxygen atoms in total. The van der Waals surface area contributed by atoms with Crippen molar-refractivity contribution < 1.29 is 13.8 Å². The molecule has 0 atom stereocenters. The predicted octanol–water partition coefficient (Wildman–Crippen LogP) is 1.22. The molecular formula is C16H20FN4OS+. The highest BCUT2D eigenvalue weighted by Gasteiger charge is 2.23. The Bertz CT molecular complexity index is 682. The molecule has 1 saturated heterocycles. The van der Waals surface area contributed by atoms with Crippen LogP contribution in [-0.4, -0.2) is 41.3 Å². The van der Waals surface area contributed by atoms with Gasteiger partial charge in [-0.05, 0) is 31.3 Å². The third-order valence-electron chi connectivity index (χ3n) is 3.98. The van der Waals surface area contributed by atoms with Gasteiger partial charge in [-0.25, -0.2) is 4.39 Å². The molecule has 0 spiro atoms. The summed E-state index contributed by atoms with van der Waals surface area (Å²) in [5, 5.41) is 7.61. The third kappa shape index (κ3) is 4.05. The number of aromatic nitrogens is 1. The van der Waals surface area contributed by atoms with Gasteiger partial charge in [0.15, 0.2) is 5.11 Å². The quantitative estimate of drug-likeness (QED) is 0.826. The molecule has 2 N–H and O–H groups in total. The van der Waals surface area contributed by atoms with Gasteiger partial charge in [-0.15, -0.1) is 0 Å². The summed E-state index contributed by atoms with van der Waals surface area (Å²) in [4.78, 5) is 3.53. The fourth-order valence-electron chi connectivity index (χ4n) is 2.72. The van der Waals surface area contributed by atoms with E-state index in [0.29, 0.717) is 10.8 Å². The standard InChI is InChI=1S/C16H19FN4OS/c1-12-10-13(19-22-12)11-20-6-8-21(9-7-20)16(23)18-15-5-3-2-4-14(15)17/h2-5,10H,6-9,11H2,1H3,(H,18,23)/p+1. The maximum absolute atomic E-state index is 13.7. The van der Waals surface area contributed by atoms with Gasteiger partial charge >= 0.3 is 0 Å². The van der Waals surface area contributed by atoms with Gasteiger partial charge in [-0.2, -0.15) is 0 Å². The van der Waals surface area contributed by atoms with Gasteiger partial charge < -0.3 is 19.6 Å². The van der Waals surface area contributed by atoms with Crippen LogP contribution >= 0.6 is 12.2 Å². The van der Waals surface area contributed by atoms with Crippen LogP contribution in [0, 0.1) is 12.7 Å². The monoisotopic (exact) mass is 335 g/mol. The van der Waals surface area contributed by atoms with E-state index in [1.54, 1.807) is 18.2 Å². The van der Waals surface area contributed by atoms with Gasteiger partial charge in [0.2, 0.25) is 0 Å². The van der Waals surface area contributed by atoms with E-state index in [4.69, 9.17) is 16.7 Å². The molecule has 1 aliphatic heterocycles. The number of hydrogen-bond donors (Lipinski definition) is 2. The number of nitrogens with one attached hydrogen (secondary N) is 2. The molecule has 0 bridgehead atoms. The second-order valence-corrected chi connectivity index (χ2v) is 6.14. The van der Waals surface area contributed by atoms with Gasteiger partial charge in [-0.3, -0.25) is 0 Å².